The van der Waals surface area contributed by atoms with Crippen LogP contribution in [0.3, 0.4) is 0 Å². The topological polar surface area (TPSA) is 26.5 Å². The van der Waals surface area contributed by atoms with Gasteiger partial charge in [0.25, 0.3) is 0 Å². The fourth-order valence-electron chi connectivity index (χ4n) is 6.04. The first kappa shape index (κ1) is 24.8. The number of rotatable bonds is 7. The van der Waals surface area contributed by atoms with E-state index in [1.807, 2.05) is 12.1 Å². The van der Waals surface area contributed by atoms with Crippen molar-refractivity contribution in [3.8, 4) is 5.75 Å². The number of phenols is 1. The van der Waals surface area contributed by atoms with E-state index in [0.29, 0.717) is 5.75 Å². The highest BCUT2D eigenvalue weighted by molar-refractivity contribution is 6.09. The number of aromatic hydroxyl groups is 1. The Morgan fingerprint density at radius 3 is 2.35 bits per heavy atom. The van der Waals surface area contributed by atoms with Gasteiger partial charge in [0.15, 0.2) is 5.71 Å². The molecular formula is C34H37N2O+. The molecule has 0 aliphatic carbocycles. The van der Waals surface area contributed by atoms with Gasteiger partial charge in [-0.25, -0.2) is 0 Å². The van der Waals surface area contributed by atoms with Gasteiger partial charge in [-0.2, -0.15) is 4.58 Å². The Morgan fingerprint density at radius 2 is 1.62 bits per heavy atom. The number of aryl methyl sites for hydroxylation is 1. The summed E-state index contributed by atoms with van der Waals surface area (Å²) >= 11 is 0. The highest BCUT2D eigenvalue weighted by atomic mass is 16.3. The van der Waals surface area contributed by atoms with Crippen LogP contribution in [0.2, 0.25) is 0 Å². The average Bonchev–Trinajstić information content (AvgIpc) is 3.12. The van der Waals surface area contributed by atoms with Crippen LogP contribution in [0.5, 0.6) is 5.75 Å². The molecule has 188 valence electrons. The maximum atomic E-state index is 10.9. The van der Waals surface area contributed by atoms with E-state index in [4.69, 9.17) is 0 Å². The minimum Gasteiger partial charge on any atom is -0.507 e. The third-order valence-corrected chi connectivity index (χ3v) is 8.12. The first-order valence-electron chi connectivity index (χ1n) is 13.3. The Balaban J connectivity index is 1.62. The summed E-state index contributed by atoms with van der Waals surface area (Å²) in [6.45, 7) is 10.7. The molecule has 4 aromatic carbocycles. The summed E-state index contributed by atoms with van der Waals surface area (Å²) in [6, 6.07) is 27.9. The van der Waals surface area contributed by atoms with E-state index in [0.717, 1.165) is 30.8 Å². The molecule has 0 spiro atoms. The lowest BCUT2D eigenvalue weighted by Crippen LogP contribution is -2.33. The normalized spacial score (nSPS) is 17.1. The lowest BCUT2D eigenvalue weighted by molar-refractivity contribution is -0.401. The zero-order valence-corrected chi connectivity index (χ0v) is 22.6. The summed E-state index contributed by atoms with van der Waals surface area (Å²) in [6.07, 6.45) is 5.17. The number of phenolic OH excluding ortho intramolecular Hbond substituents is 1. The standard InChI is InChI=1S/C34H36N2O/c1-6-36(7-2)28-19-16-26(31(37)22-28)18-21-32-34(4,23-27-14-9-8-12-24(27)3)33-29-15-11-10-13-25(29)17-20-30(33)35(32)5/h8-22H,6-7,23H2,1-5H3/p+1. The van der Waals surface area contributed by atoms with Gasteiger partial charge in [-0.3, -0.25) is 0 Å². The molecule has 0 radical (unpaired) electrons. The van der Waals surface area contributed by atoms with Crippen LogP contribution >= 0.6 is 0 Å². The summed E-state index contributed by atoms with van der Waals surface area (Å²) in [7, 11) is 2.17. The van der Waals surface area contributed by atoms with Gasteiger partial charge in [-0.15, -0.1) is 0 Å². The highest BCUT2D eigenvalue weighted by Gasteiger charge is 2.47. The lowest BCUT2D eigenvalue weighted by Gasteiger charge is -2.25. The fraction of sp³-hybridized carbons (Fsp3) is 0.265. The van der Waals surface area contributed by atoms with Crippen molar-refractivity contribution >= 4 is 33.9 Å². The molecule has 1 aliphatic heterocycles. The molecule has 0 bridgehead atoms. The first-order chi connectivity index (χ1) is 17.9. The Bertz CT molecular complexity index is 1530. The molecule has 4 aromatic rings. The van der Waals surface area contributed by atoms with Crippen molar-refractivity contribution in [3.05, 3.63) is 107 Å². The second kappa shape index (κ2) is 9.89. The Hall–Kier alpha value is -3.85. The quantitative estimate of drug-likeness (QED) is 0.270. The van der Waals surface area contributed by atoms with E-state index < -0.39 is 0 Å². The van der Waals surface area contributed by atoms with E-state index in [9.17, 15) is 5.11 Å². The molecule has 0 amide bonds. The SMILES string of the molecule is CCN(CC)c1ccc(/C=C/C2=[N+](C)c3ccc4ccccc4c3C2(C)Cc2ccccc2C)c(O)c1. The van der Waals surface area contributed by atoms with Gasteiger partial charge in [0.2, 0.25) is 5.69 Å². The van der Waals surface area contributed by atoms with E-state index in [1.165, 1.54) is 38.9 Å². The van der Waals surface area contributed by atoms with Crippen LogP contribution in [0.4, 0.5) is 11.4 Å². The number of fused-ring (bicyclic) bond motifs is 3. The predicted molar refractivity (Wildman–Crippen MR) is 158 cm³/mol. The minimum atomic E-state index is -0.232. The minimum absolute atomic E-state index is 0.232. The van der Waals surface area contributed by atoms with Crippen LogP contribution in [0.1, 0.15) is 43.0 Å². The predicted octanol–water partition coefficient (Wildman–Crippen LogP) is 7.64. The molecule has 1 atom stereocenters. The van der Waals surface area contributed by atoms with E-state index in [2.05, 4.69) is 123 Å². The summed E-state index contributed by atoms with van der Waals surface area (Å²) in [5.74, 6) is 0.311. The molecule has 3 heteroatoms. The van der Waals surface area contributed by atoms with Gasteiger partial charge < -0.3 is 10.0 Å². The zero-order valence-electron chi connectivity index (χ0n) is 22.6. The van der Waals surface area contributed by atoms with Crippen LogP contribution in [-0.2, 0) is 11.8 Å². The number of hydrogen-bond donors (Lipinski definition) is 1. The van der Waals surface area contributed by atoms with Gasteiger partial charge in [0.05, 0.1) is 5.41 Å². The smallest absolute Gasteiger partial charge is 0.210 e. The number of allylic oxidation sites excluding steroid dienone is 1. The molecule has 1 heterocycles. The Labute approximate surface area is 221 Å². The molecule has 37 heavy (non-hydrogen) atoms. The van der Waals surface area contributed by atoms with Crippen molar-refractivity contribution in [2.75, 3.05) is 25.0 Å². The molecule has 3 nitrogen and oxygen atoms in total. The molecular weight excluding hydrogens is 452 g/mol. The number of anilines is 1. The van der Waals surface area contributed by atoms with Crippen molar-refractivity contribution in [1.82, 2.24) is 0 Å². The third-order valence-electron chi connectivity index (χ3n) is 8.12. The summed E-state index contributed by atoms with van der Waals surface area (Å²) < 4.78 is 2.33. The van der Waals surface area contributed by atoms with Crippen molar-refractivity contribution in [3.63, 3.8) is 0 Å². The first-order valence-corrected chi connectivity index (χ1v) is 13.3. The van der Waals surface area contributed by atoms with Crippen molar-refractivity contribution in [2.45, 2.75) is 39.5 Å². The van der Waals surface area contributed by atoms with Gasteiger partial charge in [0.1, 0.15) is 12.8 Å². The van der Waals surface area contributed by atoms with Crippen molar-refractivity contribution in [1.29, 1.82) is 0 Å². The Morgan fingerprint density at radius 1 is 0.892 bits per heavy atom. The second-order valence-corrected chi connectivity index (χ2v) is 10.3. The van der Waals surface area contributed by atoms with Gasteiger partial charge in [0, 0.05) is 48.1 Å². The monoisotopic (exact) mass is 489 g/mol. The molecule has 5 rings (SSSR count). The summed E-state index contributed by atoms with van der Waals surface area (Å²) in [5.41, 5.74) is 8.17. The molecule has 0 fully saturated rings. The van der Waals surface area contributed by atoms with Crippen LogP contribution < -0.4 is 4.90 Å². The van der Waals surface area contributed by atoms with E-state index in [1.54, 1.807) is 0 Å². The third kappa shape index (κ3) is 4.33. The van der Waals surface area contributed by atoms with Crippen LogP contribution in [0.15, 0.2) is 84.9 Å². The number of hydrogen-bond acceptors (Lipinski definition) is 2. The van der Waals surface area contributed by atoms with E-state index in [-0.39, 0.29) is 5.41 Å². The molecule has 1 unspecified atom stereocenters. The molecule has 1 N–H and O–H groups in total. The van der Waals surface area contributed by atoms with Gasteiger partial charge in [-0.1, -0.05) is 48.5 Å². The average molecular weight is 490 g/mol. The molecule has 0 saturated heterocycles. The maximum absolute atomic E-state index is 10.9. The van der Waals surface area contributed by atoms with Crippen molar-refractivity contribution < 1.29 is 9.68 Å². The lowest BCUT2D eigenvalue weighted by atomic mass is 9.72. The van der Waals surface area contributed by atoms with Gasteiger partial charge >= 0.3 is 0 Å². The van der Waals surface area contributed by atoms with E-state index >= 15 is 0 Å². The zero-order chi connectivity index (χ0) is 26.2. The summed E-state index contributed by atoms with van der Waals surface area (Å²) in [4.78, 5) is 2.24. The van der Waals surface area contributed by atoms with Gasteiger partial charge in [-0.05, 0) is 80.3 Å². The van der Waals surface area contributed by atoms with Crippen LogP contribution in [-0.4, -0.2) is 35.5 Å². The van der Waals surface area contributed by atoms with Crippen LogP contribution in [0, 0.1) is 6.92 Å². The molecule has 1 aliphatic rings. The number of benzene rings is 4. The Kier molecular flexibility index (Phi) is 6.64. The van der Waals surface area contributed by atoms with Crippen LogP contribution in [0.25, 0.3) is 16.8 Å². The van der Waals surface area contributed by atoms with Crippen molar-refractivity contribution in [2.24, 2.45) is 0 Å². The summed E-state index contributed by atoms with van der Waals surface area (Å²) in [5, 5.41) is 13.5. The highest BCUT2D eigenvalue weighted by Crippen LogP contribution is 2.46. The fourth-order valence-corrected chi connectivity index (χ4v) is 6.04. The molecule has 0 aromatic heterocycles. The maximum Gasteiger partial charge on any atom is 0.210 e. The second-order valence-electron chi connectivity index (χ2n) is 10.3. The largest absolute Gasteiger partial charge is 0.507 e. The number of nitrogens with zero attached hydrogens (tertiary/aromatic N) is 2. The molecule has 0 saturated carbocycles.